The van der Waals surface area contributed by atoms with Gasteiger partial charge in [-0.25, -0.2) is 21.1 Å². The van der Waals surface area contributed by atoms with E-state index in [0.29, 0.717) is 22.5 Å². The Balaban J connectivity index is 2.52. The topological polar surface area (TPSA) is 105 Å². The van der Waals surface area contributed by atoms with Gasteiger partial charge in [-0.05, 0) is 59.3 Å². The number of halogens is 1. The summed E-state index contributed by atoms with van der Waals surface area (Å²) in [4.78, 5) is -0.0174. The van der Waals surface area contributed by atoms with Gasteiger partial charge in [-0.3, -0.25) is 4.72 Å². The third kappa shape index (κ3) is 4.77. The second-order valence-electron chi connectivity index (χ2n) is 5.93. The van der Waals surface area contributed by atoms with Crippen molar-refractivity contribution in [3.63, 3.8) is 0 Å². The van der Waals surface area contributed by atoms with Crippen molar-refractivity contribution in [2.24, 2.45) is 0 Å². The van der Waals surface area contributed by atoms with Crippen molar-refractivity contribution in [1.29, 1.82) is 0 Å². The smallest absolute Gasteiger partial charge is 0.262 e. The molecule has 2 rings (SSSR count). The molecule has 2 aromatic rings. The Labute approximate surface area is 174 Å². The molecular formula is C17H22BrN3O5S2. The molecular weight excluding hydrogens is 470 g/mol. The normalized spacial score (nSPS) is 12.1. The van der Waals surface area contributed by atoms with Crippen LogP contribution >= 0.6 is 15.9 Å². The summed E-state index contributed by atoms with van der Waals surface area (Å²) in [5.74, 6) is 0.492. The van der Waals surface area contributed by atoms with Crippen LogP contribution in [-0.2, 0) is 20.0 Å². The number of anilines is 2. The molecule has 0 aromatic heterocycles. The molecule has 0 atom stereocenters. The fraction of sp³-hybridized carbons (Fsp3) is 0.294. The summed E-state index contributed by atoms with van der Waals surface area (Å²) >= 11 is 3.26. The van der Waals surface area contributed by atoms with Crippen LogP contribution in [0.5, 0.6) is 5.75 Å². The summed E-state index contributed by atoms with van der Waals surface area (Å²) < 4.78 is 59.6. The highest BCUT2D eigenvalue weighted by molar-refractivity contribution is 9.10. The predicted octanol–water partition coefficient (Wildman–Crippen LogP) is 2.94. The van der Waals surface area contributed by atoms with Crippen molar-refractivity contribution in [3.05, 3.63) is 40.9 Å². The lowest BCUT2D eigenvalue weighted by molar-refractivity contribution is 0.411. The highest BCUT2D eigenvalue weighted by Gasteiger charge is 2.22. The maximum atomic E-state index is 12.8. The van der Waals surface area contributed by atoms with Gasteiger partial charge in [0.15, 0.2) is 0 Å². The second kappa shape index (κ2) is 8.68. The van der Waals surface area contributed by atoms with Gasteiger partial charge in [-0.1, -0.05) is 0 Å². The number of benzene rings is 2. The Morgan fingerprint density at radius 1 is 1.00 bits per heavy atom. The van der Waals surface area contributed by atoms with E-state index >= 15 is 0 Å². The average molecular weight is 492 g/mol. The number of hydrogen-bond acceptors (Lipinski definition) is 6. The minimum absolute atomic E-state index is 0.00323. The first-order valence-electron chi connectivity index (χ1n) is 8.19. The second-order valence-corrected chi connectivity index (χ2v) is 10.6. The molecule has 2 N–H and O–H groups in total. The Bertz CT molecular complexity index is 1070. The van der Waals surface area contributed by atoms with Gasteiger partial charge in [0, 0.05) is 20.6 Å². The molecule has 28 heavy (non-hydrogen) atoms. The molecule has 0 heterocycles. The molecule has 2 aromatic carbocycles. The Morgan fingerprint density at radius 2 is 1.64 bits per heavy atom. The molecule has 0 aliphatic rings. The van der Waals surface area contributed by atoms with Crippen LogP contribution in [0.1, 0.15) is 6.92 Å². The van der Waals surface area contributed by atoms with Crippen LogP contribution in [0.2, 0.25) is 0 Å². The minimum Gasteiger partial charge on any atom is -0.496 e. The van der Waals surface area contributed by atoms with Crippen LogP contribution in [0.25, 0.3) is 0 Å². The van der Waals surface area contributed by atoms with E-state index in [-0.39, 0.29) is 15.5 Å². The molecule has 8 nitrogen and oxygen atoms in total. The number of nitrogens with zero attached hydrogens (tertiary/aromatic N) is 1. The maximum absolute atomic E-state index is 12.8. The standard InChI is InChI=1S/C17H22BrN3O5S2/c1-5-19-15-8-6-13(28(24,25)21(2)3)11-16(15)20-27(22,23)12-7-9-17(26-4)14(18)10-12/h6-11,19-20H,5H2,1-4H3. The molecule has 0 bridgehead atoms. The number of sulfonamides is 2. The van der Waals surface area contributed by atoms with Gasteiger partial charge in [0.1, 0.15) is 5.75 Å². The van der Waals surface area contributed by atoms with Gasteiger partial charge in [-0.2, -0.15) is 0 Å². The number of rotatable bonds is 8. The fourth-order valence-corrected chi connectivity index (χ4v) is 5.06. The van der Waals surface area contributed by atoms with Gasteiger partial charge < -0.3 is 10.1 Å². The van der Waals surface area contributed by atoms with Crippen LogP contribution < -0.4 is 14.8 Å². The lowest BCUT2D eigenvalue weighted by Crippen LogP contribution is -2.22. The summed E-state index contributed by atoms with van der Waals surface area (Å²) in [6, 6.07) is 8.59. The van der Waals surface area contributed by atoms with Crippen LogP contribution in [0.15, 0.2) is 50.7 Å². The molecule has 0 aliphatic carbocycles. The molecule has 0 unspecified atom stereocenters. The Kier molecular flexibility index (Phi) is 6.97. The van der Waals surface area contributed by atoms with Crippen molar-refractivity contribution in [3.8, 4) is 5.75 Å². The third-order valence-corrected chi connectivity index (χ3v) is 7.61. The van der Waals surface area contributed by atoms with E-state index in [9.17, 15) is 16.8 Å². The van der Waals surface area contributed by atoms with Gasteiger partial charge in [0.2, 0.25) is 10.0 Å². The molecule has 0 aliphatic heterocycles. The Hall–Kier alpha value is -1.82. The summed E-state index contributed by atoms with van der Waals surface area (Å²) in [6.07, 6.45) is 0. The molecule has 0 saturated carbocycles. The van der Waals surface area contributed by atoms with Crippen molar-refractivity contribution < 1.29 is 21.6 Å². The van der Waals surface area contributed by atoms with E-state index in [1.807, 2.05) is 6.92 Å². The summed E-state index contributed by atoms with van der Waals surface area (Å²) in [7, 11) is -3.39. The first-order valence-corrected chi connectivity index (χ1v) is 11.9. The van der Waals surface area contributed by atoms with Gasteiger partial charge in [-0.15, -0.1) is 0 Å². The van der Waals surface area contributed by atoms with Crippen molar-refractivity contribution in [2.45, 2.75) is 16.7 Å². The molecule has 0 spiro atoms. The van der Waals surface area contributed by atoms with E-state index < -0.39 is 20.0 Å². The summed E-state index contributed by atoms with van der Waals surface area (Å²) in [5.41, 5.74) is 0.605. The van der Waals surface area contributed by atoms with Crippen LogP contribution in [0.4, 0.5) is 11.4 Å². The predicted molar refractivity (Wildman–Crippen MR) is 113 cm³/mol. The molecule has 154 valence electrons. The average Bonchev–Trinajstić information content (AvgIpc) is 2.62. The fourth-order valence-electron chi connectivity index (χ4n) is 2.34. The summed E-state index contributed by atoms with van der Waals surface area (Å²) in [5, 5.41) is 3.02. The van der Waals surface area contributed by atoms with Crippen LogP contribution in [-0.4, -0.2) is 48.9 Å². The quantitative estimate of drug-likeness (QED) is 0.587. The van der Waals surface area contributed by atoms with E-state index in [4.69, 9.17) is 4.74 Å². The van der Waals surface area contributed by atoms with Crippen LogP contribution in [0.3, 0.4) is 0 Å². The van der Waals surface area contributed by atoms with E-state index in [2.05, 4.69) is 26.0 Å². The van der Waals surface area contributed by atoms with E-state index in [0.717, 1.165) is 4.31 Å². The van der Waals surface area contributed by atoms with E-state index in [1.165, 1.54) is 57.6 Å². The lowest BCUT2D eigenvalue weighted by atomic mass is 10.2. The summed E-state index contributed by atoms with van der Waals surface area (Å²) in [6.45, 7) is 2.38. The zero-order valence-corrected chi connectivity index (χ0v) is 19.1. The number of ether oxygens (including phenoxy) is 1. The maximum Gasteiger partial charge on any atom is 0.262 e. The first kappa shape index (κ1) is 22.5. The highest BCUT2D eigenvalue weighted by Crippen LogP contribution is 2.31. The monoisotopic (exact) mass is 491 g/mol. The molecule has 0 saturated heterocycles. The van der Waals surface area contributed by atoms with Crippen LogP contribution in [0, 0.1) is 0 Å². The van der Waals surface area contributed by atoms with E-state index in [1.54, 1.807) is 0 Å². The van der Waals surface area contributed by atoms with Crippen molar-refractivity contribution >= 4 is 47.4 Å². The SMILES string of the molecule is CCNc1ccc(S(=O)(=O)N(C)C)cc1NS(=O)(=O)c1ccc(OC)c(Br)c1. The zero-order valence-electron chi connectivity index (χ0n) is 15.9. The van der Waals surface area contributed by atoms with Gasteiger partial charge in [0.05, 0.1) is 32.7 Å². The Morgan fingerprint density at radius 3 is 2.18 bits per heavy atom. The first-order chi connectivity index (χ1) is 13.0. The van der Waals surface area contributed by atoms with Gasteiger partial charge in [0.25, 0.3) is 10.0 Å². The highest BCUT2D eigenvalue weighted by atomic mass is 79.9. The lowest BCUT2D eigenvalue weighted by Gasteiger charge is -2.17. The van der Waals surface area contributed by atoms with Crippen molar-refractivity contribution in [2.75, 3.05) is 37.8 Å². The molecule has 11 heteroatoms. The zero-order chi connectivity index (χ0) is 21.1. The largest absolute Gasteiger partial charge is 0.496 e. The molecule has 0 fully saturated rings. The number of methoxy groups -OCH3 is 1. The number of hydrogen-bond donors (Lipinski definition) is 2. The number of nitrogens with one attached hydrogen (secondary N) is 2. The molecule has 0 radical (unpaired) electrons. The minimum atomic E-state index is -3.97. The third-order valence-electron chi connectivity index (χ3n) is 3.81. The van der Waals surface area contributed by atoms with Gasteiger partial charge >= 0.3 is 0 Å². The van der Waals surface area contributed by atoms with Crippen molar-refractivity contribution in [1.82, 2.24) is 4.31 Å². The molecule has 0 amide bonds.